The molecule has 0 aromatic heterocycles. The minimum absolute atomic E-state index is 0.00680. The average molecular weight is 416 g/mol. The maximum Gasteiger partial charge on any atom is 0.471 e. The van der Waals surface area contributed by atoms with Gasteiger partial charge < -0.3 is 10.2 Å². The summed E-state index contributed by atoms with van der Waals surface area (Å²) in [4.78, 5) is 25.6. The number of halogens is 3. The van der Waals surface area contributed by atoms with Gasteiger partial charge in [0.2, 0.25) is 0 Å². The SMILES string of the molecule is CC(=O)c1ccc2c(c1)[C@H](C)c1ccccc1[C@H]1C[C@H](NC(=O)C(F)(F)F)CCN21. The zero-order chi connectivity index (χ0) is 21.6. The number of piperidine rings is 1. The van der Waals surface area contributed by atoms with Crippen LogP contribution >= 0.6 is 0 Å². The molecular formula is C23H23F3N2O2. The Morgan fingerprint density at radius 2 is 1.77 bits per heavy atom. The third kappa shape index (κ3) is 3.57. The van der Waals surface area contributed by atoms with Gasteiger partial charge in [-0.25, -0.2) is 0 Å². The summed E-state index contributed by atoms with van der Waals surface area (Å²) in [5.74, 6) is -1.86. The summed E-state index contributed by atoms with van der Waals surface area (Å²) in [6.45, 7) is 4.14. The van der Waals surface area contributed by atoms with Gasteiger partial charge in [-0.3, -0.25) is 9.59 Å². The summed E-state index contributed by atoms with van der Waals surface area (Å²) >= 11 is 0. The number of anilines is 1. The lowest BCUT2D eigenvalue weighted by Gasteiger charge is -2.41. The average Bonchev–Trinajstić information content (AvgIpc) is 2.81. The summed E-state index contributed by atoms with van der Waals surface area (Å²) in [7, 11) is 0. The quantitative estimate of drug-likeness (QED) is 0.720. The molecule has 0 aliphatic carbocycles. The summed E-state index contributed by atoms with van der Waals surface area (Å²) < 4.78 is 38.2. The number of carbonyl (C=O) groups is 2. The van der Waals surface area contributed by atoms with E-state index in [1.54, 1.807) is 6.07 Å². The topological polar surface area (TPSA) is 49.4 Å². The molecular weight excluding hydrogens is 393 g/mol. The number of rotatable bonds is 2. The van der Waals surface area contributed by atoms with Crippen LogP contribution in [0.1, 0.15) is 65.7 Å². The van der Waals surface area contributed by atoms with Crippen LogP contribution in [0.25, 0.3) is 0 Å². The number of alkyl halides is 3. The van der Waals surface area contributed by atoms with Gasteiger partial charge in [0.1, 0.15) is 0 Å². The van der Waals surface area contributed by atoms with Gasteiger partial charge in [0.25, 0.3) is 0 Å². The molecule has 3 atom stereocenters. The van der Waals surface area contributed by atoms with Gasteiger partial charge >= 0.3 is 12.1 Å². The summed E-state index contributed by atoms with van der Waals surface area (Å²) in [5, 5.41) is 2.17. The molecule has 2 aliphatic rings. The zero-order valence-electron chi connectivity index (χ0n) is 16.8. The van der Waals surface area contributed by atoms with Crippen molar-refractivity contribution in [3.05, 3.63) is 64.7 Å². The highest BCUT2D eigenvalue weighted by atomic mass is 19.4. The Labute approximate surface area is 173 Å². The van der Waals surface area contributed by atoms with Crippen LogP contribution in [0.5, 0.6) is 0 Å². The largest absolute Gasteiger partial charge is 0.471 e. The van der Waals surface area contributed by atoms with Crippen LogP contribution in [0.2, 0.25) is 0 Å². The first-order valence-corrected chi connectivity index (χ1v) is 10.0. The van der Waals surface area contributed by atoms with E-state index in [0.717, 1.165) is 22.4 Å². The molecule has 1 amide bonds. The van der Waals surface area contributed by atoms with Crippen LogP contribution in [0, 0.1) is 0 Å². The molecule has 2 heterocycles. The number of carbonyl (C=O) groups excluding carboxylic acids is 2. The maximum absolute atomic E-state index is 12.7. The Hall–Kier alpha value is -2.83. The van der Waals surface area contributed by atoms with Crippen LogP contribution in [-0.2, 0) is 4.79 Å². The molecule has 2 aromatic rings. The van der Waals surface area contributed by atoms with Crippen LogP contribution < -0.4 is 10.2 Å². The fourth-order valence-electron chi connectivity index (χ4n) is 4.70. The maximum atomic E-state index is 12.7. The van der Waals surface area contributed by atoms with Crippen molar-refractivity contribution in [2.24, 2.45) is 0 Å². The summed E-state index contributed by atoms with van der Waals surface area (Å²) in [6, 6.07) is 12.9. The van der Waals surface area contributed by atoms with Crippen LogP contribution in [0.15, 0.2) is 42.5 Å². The molecule has 0 radical (unpaired) electrons. The number of fused-ring (bicyclic) bond motifs is 5. The molecule has 4 rings (SSSR count). The molecule has 4 nitrogen and oxygen atoms in total. The number of Topliss-reactive ketones (excluding diaryl/α,β-unsaturated/α-hetero) is 1. The van der Waals surface area contributed by atoms with E-state index in [1.807, 2.05) is 36.4 Å². The molecule has 1 saturated heterocycles. The second-order valence-electron chi connectivity index (χ2n) is 8.08. The smallest absolute Gasteiger partial charge is 0.364 e. The van der Waals surface area contributed by atoms with E-state index in [9.17, 15) is 22.8 Å². The highest BCUT2D eigenvalue weighted by molar-refractivity contribution is 5.95. The molecule has 158 valence electrons. The Bertz CT molecular complexity index is 1000. The normalized spacial score (nSPS) is 23.0. The van der Waals surface area contributed by atoms with Gasteiger partial charge in [0.05, 0.1) is 6.04 Å². The summed E-state index contributed by atoms with van der Waals surface area (Å²) in [5.41, 5.74) is 4.82. The molecule has 7 heteroatoms. The van der Waals surface area contributed by atoms with Crippen molar-refractivity contribution < 1.29 is 22.8 Å². The molecule has 0 bridgehead atoms. The van der Waals surface area contributed by atoms with Gasteiger partial charge in [-0.1, -0.05) is 31.2 Å². The van der Waals surface area contributed by atoms with Crippen molar-refractivity contribution in [2.45, 2.75) is 50.9 Å². The van der Waals surface area contributed by atoms with E-state index in [4.69, 9.17) is 0 Å². The first-order valence-electron chi connectivity index (χ1n) is 10.0. The Morgan fingerprint density at radius 3 is 2.43 bits per heavy atom. The third-order valence-electron chi connectivity index (χ3n) is 6.23. The van der Waals surface area contributed by atoms with Crippen molar-refractivity contribution in [3.63, 3.8) is 0 Å². The predicted molar refractivity (Wildman–Crippen MR) is 108 cm³/mol. The highest BCUT2D eigenvalue weighted by Gasteiger charge is 2.42. The van der Waals surface area contributed by atoms with Crippen LogP contribution in [0.4, 0.5) is 18.9 Å². The second kappa shape index (κ2) is 7.45. The minimum atomic E-state index is -4.89. The zero-order valence-corrected chi connectivity index (χ0v) is 16.8. The number of nitrogens with zero attached hydrogens (tertiary/aromatic N) is 1. The molecule has 0 unspecified atom stereocenters. The van der Waals surface area contributed by atoms with E-state index in [1.165, 1.54) is 6.92 Å². The van der Waals surface area contributed by atoms with Crippen LogP contribution in [-0.4, -0.2) is 30.5 Å². The standard InChI is InChI=1S/C23H23F3N2O2/c1-13-17-5-3-4-6-18(17)21-12-16(27-22(30)23(24,25)26)9-10-28(21)20-8-7-15(14(2)29)11-19(13)20/h3-8,11,13,16,21H,9-10,12H2,1-2H3,(H,27,30)/t13-,16-,21-/m1/s1. The van der Waals surface area contributed by atoms with Crippen molar-refractivity contribution in [1.29, 1.82) is 0 Å². The van der Waals surface area contributed by atoms with Crippen molar-refractivity contribution in [3.8, 4) is 0 Å². The highest BCUT2D eigenvalue weighted by Crippen LogP contribution is 2.46. The lowest BCUT2D eigenvalue weighted by Crippen LogP contribution is -2.49. The van der Waals surface area contributed by atoms with Gasteiger partial charge in [-0.2, -0.15) is 13.2 Å². The molecule has 2 aromatic carbocycles. The Balaban J connectivity index is 1.75. The molecule has 30 heavy (non-hydrogen) atoms. The van der Waals surface area contributed by atoms with Gasteiger partial charge in [-0.15, -0.1) is 0 Å². The number of nitrogens with one attached hydrogen (secondary N) is 1. The van der Waals surface area contributed by atoms with E-state index >= 15 is 0 Å². The fraction of sp³-hybridized carbons (Fsp3) is 0.391. The molecule has 1 N–H and O–H groups in total. The molecule has 0 spiro atoms. The number of hydrogen-bond acceptors (Lipinski definition) is 3. The van der Waals surface area contributed by atoms with Crippen LogP contribution in [0.3, 0.4) is 0 Å². The van der Waals surface area contributed by atoms with Crippen molar-refractivity contribution in [1.82, 2.24) is 5.32 Å². The lowest BCUT2D eigenvalue weighted by molar-refractivity contribution is -0.174. The third-order valence-corrected chi connectivity index (χ3v) is 6.23. The lowest BCUT2D eigenvalue weighted by atomic mass is 9.86. The second-order valence-corrected chi connectivity index (χ2v) is 8.08. The summed E-state index contributed by atoms with van der Waals surface area (Å²) in [6.07, 6.45) is -4.08. The predicted octanol–water partition coefficient (Wildman–Crippen LogP) is 4.74. The Kier molecular flexibility index (Phi) is 5.08. The van der Waals surface area contributed by atoms with E-state index < -0.39 is 18.1 Å². The molecule has 2 aliphatic heterocycles. The first-order chi connectivity index (χ1) is 14.2. The number of hydrogen-bond donors (Lipinski definition) is 1. The minimum Gasteiger partial charge on any atom is -0.364 e. The molecule has 1 fully saturated rings. The number of ketones is 1. The number of amides is 1. The van der Waals surface area contributed by atoms with Crippen molar-refractivity contribution in [2.75, 3.05) is 11.4 Å². The van der Waals surface area contributed by atoms with E-state index in [-0.39, 0.29) is 17.7 Å². The van der Waals surface area contributed by atoms with Crippen molar-refractivity contribution >= 4 is 17.4 Å². The van der Waals surface area contributed by atoms with E-state index in [0.29, 0.717) is 24.9 Å². The van der Waals surface area contributed by atoms with E-state index in [2.05, 4.69) is 17.1 Å². The van der Waals surface area contributed by atoms with Gasteiger partial charge in [-0.05, 0) is 54.7 Å². The number of benzene rings is 2. The fourth-order valence-corrected chi connectivity index (χ4v) is 4.70. The Morgan fingerprint density at radius 1 is 1.07 bits per heavy atom. The van der Waals surface area contributed by atoms with Gasteiger partial charge in [0.15, 0.2) is 5.78 Å². The first kappa shape index (κ1) is 20.4. The monoisotopic (exact) mass is 416 g/mol. The van der Waals surface area contributed by atoms with Gasteiger partial charge in [0, 0.05) is 29.8 Å². The molecule has 0 saturated carbocycles.